The minimum absolute atomic E-state index is 0.106. The molecule has 0 aliphatic carbocycles. The van der Waals surface area contributed by atoms with Crippen molar-refractivity contribution in [2.45, 2.75) is 12.8 Å². The standard InChI is InChI=1S/C17H14F3NO4/c1-24-15(22)12-8-5-9-13(14(12)17(18,19)20)21-16(23)25-10-11-6-3-2-4-7-11/h2-9H,10H2,1H3,(H,21,23). The van der Waals surface area contributed by atoms with Crippen molar-refractivity contribution in [3.63, 3.8) is 0 Å². The average Bonchev–Trinajstić information content (AvgIpc) is 2.59. The van der Waals surface area contributed by atoms with E-state index in [4.69, 9.17) is 4.74 Å². The van der Waals surface area contributed by atoms with Crippen LogP contribution in [0.2, 0.25) is 0 Å². The number of ether oxygens (including phenoxy) is 2. The van der Waals surface area contributed by atoms with E-state index in [1.54, 1.807) is 30.3 Å². The normalized spacial score (nSPS) is 10.9. The van der Waals surface area contributed by atoms with E-state index in [0.29, 0.717) is 5.56 Å². The molecular formula is C17H14F3NO4. The number of amides is 1. The van der Waals surface area contributed by atoms with Crippen LogP contribution in [-0.2, 0) is 22.3 Å². The first kappa shape index (κ1) is 18.3. The summed E-state index contributed by atoms with van der Waals surface area (Å²) in [5.41, 5.74) is -1.90. The van der Waals surface area contributed by atoms with Crippen LogP contribution in [0, 0.1) is 0 Å². The largest absolute Gasteiger partial charge is 0.465 e. The third kappa shape index (κ3) is 4.72. The molecule has 2 aromatic carbocycles. The van der Waals surface area contributed by atoms with Gasteiger partial charge in [-0.25, -0.2) is 9.59 Å². The molecule has 8 heteroatoms. The van der Waals surface area contributed by atoms with Gasteiger partial charge in [0, 0.05) is 0 Å². The minimum Gasteiger partial charge on any atom is -0.465 e. The van der Waals surface area contributed by atoms with Crippen LogP contribution in [0.1, 0.15) is 21.5 Å². The Morgan fingerprint density at radius 1 is 1.04 bits per heavy atom. The summed E-state index contributed by atoms with van der Waals surface area (Å²) in [5.74, 6) is -1.16. The average molecular weight is 353 g/mol. The summed E-state index contributed by atoms with van der Waals surface area (Å²) in [6, 6.07) is 11.8. The van der Waals surface area contributed by atoms with E-state index in [9.17, 15) is 22.8 Å². The minimum atomic E-state index is -4.87. The second-order valence-electron chi connectivity index (χ2n) is 4.90. The maximum atomic E-state index is 13.3. The highest BCUT2D eigenvalue weighted by Gasteiger charge is 2.38. The lowest BCUT2D eigenvalue weighted by Gasteiger charge is -2.16. The monoisotopic (exact) mass is 353 g/mol. The fourth-order valence-corrected chi connectivity index (χ4v) is 2.11. The van der Waals surface area contributed by atoms with Crippen molar-refractivity contribution in [3.05, 3.63) is 65.2 Å². The Morgan fingerprint density at radius 2 is 1.72 bits per heavy atom. The van der Waals surface area contributed by atoms with Gasteiger partial charge in [-0.1, -0.05) is 36.4 Å². The molecule has 25 heavy (non-hydrogen) atoms. The Hall–Kier alpha value is -3.03. The summed E-state index contributed by atoms with van der Waals surface area (Å²) in [5, 5.41) is 2.02. The smallest absolute Gasteiger partial charge is 0.419 e. The number of methoxy groups -OCH3 is 1. The van der Waals surface area contributed by atoms with Crippen molar-refractivity contribution in [2.24, 2.45) is 0 Å². The number of nitrogens with one attached hydrogen (secondary N) is 1. The van der Waals surface area contributed by atoms with Gasteiger partial charge in [-0.3, -0.25) is 5.32 Å². The molecule has 0 fully saturated rings. The van der Waals surface area contributed by atoms with Crippen LogP contribution in [-0.4, -0.2) is 19.2 Å². The molecule has 0 heterocycles. The van der Waals surface area contributed by atoms with Gasteiger partial charge in [0.25, 0.3) is 0 Å². The van der Waals surface area contributed by atoms with E-state index < -0.39 is 35.1 Å². The molecule has 2 aromatic rings. The molecule has 0 atom stereocenters. The quantitative estimate of drug-likeness (QED) is 0.835. The number of benzene rings is 2. The number of rotatable bonds is 4. The summed E-state index contributed by atoms with van der Waals surface area (Å²) in [7, 11) is 0.969. The summed E-state index contributed by atoms with van der Waals surface area (Å²) >= 11 is 0. The highest BCUT2D eigenvalue weighted by atomic mass is 19.4. The van der Waals surface area contributed by atoms with Crippen LogP contribution in [0.3, 0.4) is 0 Å². The van der Waals surface area contributed by atoms with E-state index in [0.717, 1.165) is 19.2 Å². The summed E-state index contributed by atoms with van der Waals surface area (Å²) < 4.78 is 49.2. The number of carbonyl (C=O) groups excluding carboxylic acids is 2. The zero-order chi connectivity index (χ0) is 18.4. The van der Waals surface area contributed by atoms with Gasteiger partial charge in [-0.05, 0) is 17.7 Å². The molecule has 0 saturated heterocycles. The highest BCUT2D eigenvalue weighted by Crippen LogP contribution is 2.37. The molecule has 0 aromatic heterocycles. The second kappa shape index (κ2) is 7.69. The molecule has 132 valence electrons. The van der Waals surface area contributed by atoms with Gasteiger partial charge < -0.3 is 9.47 Å². The fraction of sp³-hybridized carbons (Fsp3) is 0.176. The van der Waals surface area contributed by atoms with Crippen molar-refractivity contribution >= 4 is 17.7 Å². The van der Waals surface area contributed by atoms with Gasteiger partial charge in [0.05, 0.1) is 23.9 Å². The van der Waals surface area contributed by atoms with E-state index >= 15 is 0 Å². The van der Waals surface area contributed by atoms with E-state index in [-0.39, 0.29) is 6.61 Å². The third-order valence-electron chi connectivity index (χ3n) is 3.20. The first-order valence-electron chi connectivity index (χ1n) is 7.09. The Bertz CT molecular complexity index is 760. The lowest BCUT2D eigenvalue weighted by molar-refractivity contribution is -0.137. The van der Waals surface area contributed by atoms with Gasteiger partial charge in [-0.2, -0.15) is 13.2 Å². The van der Waals surface area contributed by atoms with Crippen LogP contribution < -0.4 is 5.32 Å². The molecule has 5 nitrogen and oxygen atoms in total. The molecule has 0 unspecified atom stereocenters. The molecule has 0 aliphatic heterocycles. The van der Waals surface area contributed by atoms with Gasteiger partial charge in [0.2, 0.25) is 0 Å². The number of anilines is 1. The number of alkyl halides is 3. The molecule has 0 spiro atoms. The van der Waals surface area contributed by atoms with Crippen LogP contribution in [0.5, 0.6) is 0 Å². The molecular weight excluding hydrogens is 339 g/mol. The molecule has 0 saturated carbocycles. The number of carbonyl (C=O) groups is 2. The van der Waals surface area contributed by atoms with E-state index in [1.807, 2.05) is 5.32 Å². The highest BCUT2D eigenvalue weighted by molar-refractivity contribution is 5.95. The Kier molecular flexibility index (Phi) is 5.63. The van der Waals surface area contributed by atoms with Gasteiger partial charge in [0.15, 0.2) is 0 Å². The van der Waals surface area contributed by atoms with E-state index in [2.05, 4.69) is 4.74 Å². The molecule has 0 aliphatic rings. The van der Waals surface area contributed by atoms with Crippen LogP contribution in [0.25, 0.3) is 0 Å². The SMILES string of the molecule is COC(=O)c1cccc(NC(=O)OCc2ccccc2)c1C(F)(F)F. The number of hydrogen-bond acceptors (Lipinski definition) is 4. The lowest BCUT2D eigenvalue weighted by Crippen LogP contribution is -2.21. The fourth-order valence-electron chi connectivity index (χ4n) is 2.11. The molecule has 1 amide bonds. The summed E-state index contributed by atoms with van der Waals surface area (Å²) in [4.78, 5) is 23.4. The van der Waals surface area contributed by atoms with Crippen molar-refractivity contribution in [2.75, 3.05) is 12.4 Å². The van der Waals surface area contributed by atoms with Gasteiger partial charge in [0.1, 0.15) is 6.61 Å². The molecule has 0 radical (unpaired) electrons. The van der Waals surface area contributed by atoms with E-state index in [1.165, 1.54) is 6.07 Å². The Balaban J connectivity index is 2.21. The predicted octanol–water partition coefficient (Wildman–Crippen LogP) is 4.24. The summed E-state index contributed by atoms with van der Waals surface area (Å²) in [6.45, 7) is -0.106. The second-order valence-corrected chi connectivity index (χ2v) is 4.90. The molecule has 2 rings (SSSR count). The Morgan fingerprint density at radius 3 is 2.32 bits per heavy atom. The first-order valence-corrected chi connectivity index (χ1v) is 7.09. The maximum Gasteiger partial charge on any atom is 0.419 e. The third-order valence-corrected chi connectivity index (χ3v) is 3.20. The van der Waals surface area contributed by atoms with Crippen molar-refractivity contribution in [3.8, 4) is 0 Å². The number of hydrogen-bond donors (Lipinski definition) is 1. The van der Waals surface area contributed by atoms with Crippen LogP contribution >= 0.6 is 0 Å². The first-order chi connectivity index (χ1) is 11.8. The lowest BCUT2D eigenvalue weighted by atomic mass is 10.0. The van der Waals surface area contributed by atoms with Gasteiger partial charge >= 0.3 is 18.2 Å². The number of halogens is 3. The topological polar surface area (TPSA) is 64.6 Å². The zero-order valence-corrected chi connectivity index (χ0v) is 13.1. The Labute approximate surface area is 141 Å². The molecule has 1 N–H and O–H groups in total. The number of esters is 1. The zero-order valence-electron chi connectivity index (χ0n) is 13.1. The van der Waals surface area contributed by atoms with Gasteiger partial charge in [-0.15, -0.1) is 0 Å². The maximum absolute atomic E-state index is 13.3. The van der Waals surface area contributed by atoms with Crippen molar-refractivity contribution < 1.29 is 32.2 Å². The summed E-state index contributed by atoms with van der Waals surface area (Å²) in [6.07, 6.45) is -5.94. The van der Waals surface area contributed by atoms with Crippen molar-refractivity contribution in [1.82, 2.24) is 0 Å². The predicted molar refractivity (Wildman–Crippen MR) is 83.0 cm³/mol. The molecule has 0 bridgehead atoms. The van der Waals surface area contributed by atoms with Crippen LogP contribution in [0.15, 0.2) is 48.5 Å². The van der Waals surface area contributed by atoms with Crippen LogP contribution in [0.4, 0.5) is 23.7 Å². The van der Waals surface area contributed by atoms with Crippen molar-refractivity contribution in [1.29, 1.82) is 0 Å².